The van der Waals surface area contributed by atoms with Crippen LogP contribution in [-0.2, 0) is 11.3 Å². The Balaban J connectivity index is 2.84. The fraction of sp³-hybridized carbons (Fsp3) is 0.333. The van der Waals surface area contributed by atoms with Gasteiger partial charge in [-0.05, 0) is 0 Å². The van der Waals surface area contributed by atoms with Crippen LogP contribution in [0.3, 0.4) is 0 Å². The van der Waals surface area contributed by atoms with Gasteiger partial charge in [0.15, 0.2) is 0 Å². The summed E-state index contributed by atoms with van der Waals surface area (Å²) in [6.07, 6.45) is 0. The molecule has 0 spiro atoms. The standard InChI is InChI=1S/C6H8N4O3/c1-3(11)7-2-4-8-5(12)10-6(13)9-4/h2H2,1H3,(H,7,11)(H2,8,9,10,12,13). The molecule has 0 fully saturated rings. The van der Waals surface area contributed by atoms with E-state index in [0.29, 0.717) is 0 Å². The van der Waals surface area contributed by atoms with Gasteiger partial charge >= 0.3 is 11.4 Å². The van der Waals surface area contributed by atoms with Crippen molar-refractivity contribution in [3.05, 3.63) is 26.8 Å². The fourth-order valence-electron chi connectivity index (χ4n) is 0.730. The number of rotatable bonds is 2. The number of carbonyl (C=O) groups excluding carboxylic acids is 1. The number of amides is 1. The van der Waals surface area contributed by atoms with Crippen LogP contribution in [0.2, 0.25) is 0 Å². The summed E-state index contributed by atoms with van der Waals surface area (Å²) in [5, 5.41) is 2.39. The van der Waals surface area contributed by atoms with Crippen LogP contribution in [0.5, 0.6) is 0 Å². The smallest absolute Gasteiger partial charge is 0.349 e. The van der Waals surface area contributed by atoms with Crippen LogP contribution in [0.4, 0.5) is 0 Å². The molecule has 0 saturated heterocycles. The molecule has 0 aromatic carbocycles. The summed E-state index contributed by atoms with van der Waals surface area (Å²) in [6, 6.07) is 0. The quantitative estimate of drug-likeness (QED) is 0.498. The van der Waals surface area contributed by atoms with Crippen LogP contribution in [-0.4, -0.2) is 20.9 Å². The highest BCUT2D eigenvalue weighted by Crippen LogP contribution is 1.77. The predicted molar refractivity (Wildman–Crippen MR) is 43.0 cm³/mol. The van der Waals surface area contributed by atoms with Crippen molar-refractivity contribution in [2.45, 2.75) is 13.5 Å². The third-order valence-corrected chi connectivity index (χ3v) is 1.22. The molecule has 0 unspecified atom stereocenters. The van der Waals surface area contributed by atoms with E-state index in [4.69, 9.17) is 0 Å². The molecule has 1 aromatic heterocycles. The maximum atomic E-state index is 10.7. The summed E-state index contributed by atoms with van der Waals surface area (Å²) >= 11 is 0. The van der Waals surface area contributed by atoms with Crippen LogP contribution in [0.15, 0.2) is 9.59 Å². The molecule has 0 saturated carbocycles. The summed E-state index contributed by atoms with van der Waals surface area (Å²) in [5.74, 6) is -0.133. The number of nitrogens with zero attached hydrogens (tertiary/aromatic N) is 1. The average molecular weight is 184 g/mol. The summed E-state index contributed by atoms with van der Waals surface area (Å²) in [7, 11) is 0. The van der Waals surface area contributed by atoms with E-state index in [1.807, 2.05) is 4.98 Å². The van der Waals surface area contributed by atoms with Gasteiger partial charge in [0.1, 0.15) is 5.82 Å². The van der Waals surface area contributed by atoms with Gasteiger partial charge in [-0.2, -0.15) is 4.98 Å². The maximum absolute atomic E-state index is 10.7. The molecule has 1 rings (SSSR count). The van der Waals surface area contributed by atoms with Crippen LogP contribution in [0.1, 0.15) is 12.7 Å². The predicted octanol–water partition coefficient (Wildman–Crippen LogP) is -1.91. The molecule has 0 bridgehead atoms. The van der Waals surface area contributed by atoms with Crippen molar-refractivity contribution in [2.24, 2.45) is 0 Å². The maximum Gasteiger partial charge on any atom is 0.350 e. The van der Waals surface area contributed by atoms with E-state index in [1.165, 1.54) is 6.92 Å². The van der Waals surface area contributed by atoms with Crippen LogP contribution < -0.4 is 16.7 Å². The van der Waals surface area contributed by atoms with E-state index in [-0.39, 0.29) is 18.3 Å². The highest BCUT2D eigenvalue weighted by Gasteiger charge is 1.98. The number of hydrogen-bond donors (Lipinski definition) is 3. The van der Waals surface area contributed by atoms with Crippen molar-refractivity contribution in [3.8, 4) is 0 Å². The number of hydrogen-bond acceptors (Lipinski definition) is 4. The van der Waals surface area contributed by atoms with Crippen LogP contribution in [0.25, 0.3) is 0 Å². The molecule has 1 heterocycles. The van der Waals surface area contributed by atoms with Crippen molar-refractivity contribution < 1.29 is 4.79 Å². The third-order valence-electron chi connectivity index (χ3n) is 1.22. The highest BCUT2D eigenvalue weighted by molar-refractivity contribution is 5.72. The molecule has 0 aliphatic rings. The van der Waals surface area contributed by atoms with Crippen molar-refractivity contribution in [2.75, 3.05) is 0 Å². The van der Waals surface area contributed by atoms with Gasteiger partial charge in [-0.15, -0.1) is 0 Å². The van der Waals surface area contributed by atoms with Gasteiger partial charge in [-0.1, -0.05) is 0 Å². The first-order chi connectivity index (χ1) is 6.08. The molecule has 0 aliphatic heterocycles. The van der Waals surface area contributed by atoms with E-state index in [2.05, 4.69) is 15.3 Å². The SMILES string of the molecule is CC(=O)NCc1nc(=O)[nH]c(=O)[nH]1. The molecule has 1 aromatic rings. The zero-order valence-electron chi connectivity index (χ0n) is 6.88. The summed E-state index contributed by atoms with van der Waals surface area (Å²) < 4.78 is 0. The number of aromatic nitrogens is 3. The van der Waals surface area contributed by atoms with Crippen molar-refractivity contribution in [3.63, 3.8) is 0 Å². The van der Waals surface area contributed by atoms with Gasteiger partial charge in [0.25, 0.3) is 0 Å². The zero-order valence-corrected chi connectivity index (χ0v) is 6.88. The van der Waals surface area contributed by atoms with Crippen molar-refractivity contribution in [1.29, 1.82) is 0 Å². The van der Waals surface area contributed by atoms with E-state index in [9.17, 15) is 14.4 Å². The lowest BCUT2D eigenvalue weighted by atomic mass is 10.5. The molecular formula is C6H8N4O3. The molecule has 0 atom stereocenters. The Labute approximate surface area is 72.2 Å². The number of aromatic amines is 2. The molecule has 1 amide bonds. The molecule has 13 heavy (non-hydrogen) atoms. The minimum Gasteiger partial charge on any atom is -0.349 e. The second kappa shape index (κ2) is 3.65. The van der Waals surface area contributed by atoms with Gasteiger partial charge in [0.05, 0.1) is 6.54 Å². The van der Waals surface area contributed by atoms with E-state index in [1.54, 1.807) is 0 Å². The Morgan fingerprint density at radius 3 is 2.69 bits per heavy atom. The van der Waals surface area contributed by atoms with Crippen LogP contribution >= 0.6 is 0 Å². The first kappa shape index (κ1) is 9.17. The van der Waals surface area contributed by atoms with Gasteiger partial charge in [0, 0.05) is 6.92 Å². The van der Waals surface area contributed by atoms with Gasteiger partial charge in [-0.3, -0.25) is 14.8 Å². The monoisotopic (exact) mass is 184 g/mol. The second-order valence-electron chi connectivity index (χ2n) is 2.35. The molecule has 7 nitrogen and oxygen atoms in total. The zero-order chi connectivity index (χ0) is 9.84. The minimum atomic E-state index is -0.732. The molecule has 0 aliphatic carbocycles. The number of H-pyrrole nitrogens is 2. The topological polar surface area (TPSA) is 108 Å². The van der Waals surface area contributed by atoms with E-state index >= 15 is 0 Å². The Morgan fingerprint density at radius 2 is 2.15 bits per heavy atom. The Hall–Kier alpha value is -1.92. The van der Waals surface area contributed by atoms with E-state index in [0.717, 1.165) is 0 Å². The molecule has 3 N–H and O–H groups in total. The average Bonchev–Trinajstić information content (AvgIpc) is 1.99. The summed E-state index contributed by atoms with van der Waals surface area (Å²) in [5.41, 5.74) is -1.37. The highest BCUT2D eigenvalue weighted by atomic mass is 16.2. The molecular weight excluding hydrogens is 176 g/mol. The van der Waals surface area contributed by atoms with Crippen LogP contribution in [0, 0.1) is 0 Å². The first-order valence-corrected chi connectivity index (χ1v) is 3.52. The lowest BCUT2D eigenvalue weighted by molar-refractivity contribution is -0.119. The first-order valence-electron chi connectivity index (χ1n) is 3.52. The molecule has 70 valence electrons. The third kappa shape index (κ3) is 2.89. The van der Waals surface area contributed by atoms with Gasteiger partial charge in [-0.25, -0.2) is 9.59 Å². The molecule has 0 radical (unpaired) electrons. The summed E-state index contributed by atoms with van der Waals surface area (Å²) in [6.45, 7) is 1.36. The largest absolute Gasteiger partial charge is 0.350 e. The Bertz CT molecular complexity index is 390. The Kier molecular flexibility index (Phi) is 2.58. The summed E-state index contributed by atoms with van der Waals surface area (Å²) in [4.78, 5) is 39.4. The lowest BCUT2D eigenvalue weighted by Crippen LogP contribution is -2.30. The second-order valence-corrected chi connectivity index (χ2v) is 2.35. The molecule has 7 heteroatoms. The number of nitrogens with one attached hydrogen (secondary N) is 3. The normalized spacial score (nSPS) is 9.62. The number of carbonyl (C=O) groups is 1. The lowest BCUT2D eigenvalue weighted by Gasteiger charge is -1.98. The van der Waals surface area contributed by atoms with Crippen molar-refractivity contribution >= 4 is 5.91 Å². The fourth-order valence-corrected chi connectivity index (χ4v) is 0.730. The van der Waals surface area contributed by atoms with Gasteiger partial charge < -0.3 is 5.32 Å². The minimum absolute atomic E-state index is 0.0362. The Morgan fingerprint density at radius 1 is 1.46 bits per heavy atom. The van der Waals surface area contributed by atoms with E-state index < -0.39 is 11.4 Å². The van der Waals surface area contributed by atoms with Crippen molar-refractivity contribution in [1.82, 2.24) is 20.3 Å². The van der Waals surface area contributed by atoms with Gasteiger partial charge in [0.2, 0.25) is 5.91 Å².